The lowest BCUT2D eigenvalue weighted by Crippen LogP contribution is -2.04. The Hall–Kier alpha value is -13.3. The second kappa shape index (κ2) is 22.3. The van der Waals surface area contributed by atoms with Gasteiger partial charge in [-0.1, -0.05) is 176 Å². The second-order valence-electron chi connectivity index (χ2n) is 21.8. The molecule has 0 aliphatic heterocycles. The highest BCUT2D eigenvalue weighted by Crippen LogP contribution is 2.47. The molecule has 90 heavy (non-hydrogen) atoms. The fraction of sp³-hybridized carbons (Fsp3) is 0. The van der Waals surface area contributed by atoms with Gasteiger partial charge in [0.2, 0.25) is 0 Å². The molecule has 0 radical (unpaired) electrons. The summed E-state index contributed by atoms with van der Waals surface area (Å²) in [6.45, 7) is 24.4. The molecule has 0 aliphatic carbocycles. The van der Waals surface area contributed by atoms with Crippen LogP contribution in [0.3, 0.4) is 0 Å². The predicted octanol–water partition coefficient (Wildman–Crippen LogP) is 20.8. The number of fused-ring (bicyclic) bond motifs is 6. The van der Waals surface area contributed by atoms with Crippen LogP contribution in [0.5, 0.6) is 0 Å². The van der Waals surface area contributed by atoms with Crippen molar-refractivity contribution in [2.45, 2.75) is 0 Å². The summed E-state index contributed by atoms with van der Waals surface area (Å²) in [4.78, 5) is 27.3. The molecular formula is C80H44N10. The number of hydrogen-bond donors (Lipinski definition) is 0. The Morgan fingerprint density at radius 1 is 0.289 bits per heavy atom. The third kappa shape index (κ3) is 9.14. The minimum Gasteiger partial charge on any atom is -0.309 e. The molecule has 15 rings (SSSR count). The fourth-order valence-corrected chi connectivity index (χ4v) is 12.6. The lowest BCUT2D eigenvalue weighted by Gasteiger charge is -2.20. The number of nitrogens with zero attached hydrogens (tertiary/aromatic N) is 10. The molecule has 0 unspecified atom stereocenters. The minimum atomic E-state index is 0.436. The van der Waals surface area contributed by atoms with Crippen molar-refractivity contribution in [3.05, 3.63) is 312 Å². The molecule has 0 saturated heterocycles. The molecule has 10 nitrogen and oxygen atoms in total. The van der Waals surface area contributed by atoms with Crippen LogP contribution in [0.25, 0.3) is 159 Å². The Balaban J connectivity index is 1.05. The van der Waals surface area contributed by atoms with Gasteiger partial charge in [-0.05, 0) is 136 Å². The van der Waals surface area contributed by atoms with E-state index in [1.54, 1.807) is 0 Å². The van der Waals surface area contributed by atoms with Crippen LogP contribution in [0.15, 0.2) is 267 Å². The number of rotatable bonds is 10. The maximum absolute atomic E-state index is 11.0. The first kappa shape index (κ1) is 53.4. The van der Waals surface area contributed by atoms with Gasteiger partial charge in [0.05, 0.1) is 76.4 Å². The number of para-hydroxylation sites is 3. The van der Waals surface area contributed by atoms with Crippen molar-refractivity contribution in [2.75, 3.05) is 0 Å². The van der Waals surface area contributed by atoms with Crippen molar-refractivity contribution in [3.63, 3.8) is 0 Å². The number of hydrogen-bond acceptors (Lipinski definition) is 5. The molecule has 3 heterocycles. The van der Waals surface area contributed by atoms with E-state index < -0.39 is 0 Å². The SMILES string of the molecule is [C-]#[N+]c1ccccc1-c1ccc2c(c1)c1cc(-c3ccccc3C#N)ccc1n2-c1ccc(C#N)cc1-c1cc(-c2nc(-c3ccccc3)nc(-c3ccccc3)n2)ccc1-n1c2ccc(-c3ccccc3[N+]#[C-])cc2c2cc(-c3ccccc3[N+]#[C-])ccc21. The summed E-state index contributed by atoms with van der Waals surface area (Å²) < 4.78 is 4.52. The van der Waals surface area contributed by atoms with Gasteiger partial charge in [-0.3, -0.25) is 0 Å². The van der Waals surface area contributed by atoms with Gasteiger partial charge < -0.3 is 9.13 Å². The first-order valence-corrected chi connectivity index (χ1v) is 29.0. The molecular weight excluding hydrogens is 1100 g/mol. The summed E-state index contributed by atoms with van der Waals surface area (Å²) >= 11 is 0. The van der Waals surface area contributed by atoms with Crippen LogP contribution in [-0.4, -0.2) is 24.1 Å². The number of benzene rings is 12. The van der Waals surface area contributed by atoms with E-state index in [-0.39, 0.29) is 0 Å². The molecule has 10 heteroatoms. The van der Waals surface area contributed by atoms with Crippen LogP contribution < -0.4 is 0 Å². The van der Waals surface area contributed by atoms with Gasteiger partial charge in [-0.2, -0.15) is 10.5 Å². The van der Waals surface area contributed by atoms with Crippen LogP contribution in [0, 0.1) is 42.4 Å². The minimum absolute atomic E-state index is 0.436. The van der Waals surface area contributed by atoms with Crippen molar-refractivity contribution in [3.8, 4) is 113 Å². The Kier molecular flexibility index (Phi) is 13.2. The number of nitriles is 2. The summed E-state index contributed by atoms with van der Waals surface area (Å²) in [5.74, 6) is 1.45. The summed E-state index contributed by atoms with van der Waals surface area (Å²) in [5.41, 5.74) is 18.2. The Morgan fingerprint density at radius 2 is 0.633 bits per heavy atom. The Labute approximate surface area is 518 Å². The van der Waals surface area contributed by atoms with E-state index in [1.165, 1.54) is 0 Å². The molecule has 0 fully saturated rings. The van der Waals surface area contributed by atoms with E-state index in [1.807, 2.05) is 182 Å². The average Bonchev–Trinajstić information content (AvgIpc) is 1.58. The van der Waals surface area contributed by atoms with Gasteiger partial charge in [0.25, 0.3) is 0 Å². The molecule has 0 N–H and O–H groups in total. The van der Waals surface area contributed by atoms with Crippen LogP contribution in [0.4, 0.5) is 17.1 Å². The maximum atomic E-state index is 11.0. The van der Waals surface area contributed by atoms with Gasteiger partial charge in [-0.25, -0.2) is 29.5 Å². The van der Waals surface area contributed by atoms with E-state index in [2.05, 4.69) is 121 Å². The van der Waals surface area contributed by atoms with Crippen molar-refractivity contribution in [1.82, 2.24) is 24.1 Å². The lowest BCUT2D eigenvalue weighted by atomic mass is 9.96. The molecule has 0 bridgehead atoms. The lowest BCUT2D eigenvalue weighted by molar-refractivity contribution is 1.07. The highest BCUT2D eigenvalue weighted by atomic mass is 15.0. The van der Waals surface area contributed by atoms with Crippen LogP contribution in [0.2, 0.25) is 0 Å². The summed E-state index contributed by atoms with van der Waals surface area (Å²) in [6.07, 6.45) is 0. The Morgan fingerprint density at radius 3 is 1.04 bits per heavy atom. The number of aromatic nitrogens is 5. The van der Waals surface area contributed by atoms with E-state index in [9.17, 15) is 10.5 Å². The highest BCUT2D eigenvalue weighted by Gasteiger charge is 2.25. The van der Waals surface area contributed by atoms with Crippen LogP contribution in [0.1, 0.15) is 11.1 Å². The molecule has 12 aromatic carbocycles. The molecule has 0 aliphatic rings. The topological polar surface area (TPSA) is 109 Å². The Bertz CT molecular complexity index is 5400. The van der Waals surface area contributed by atoms with Gasteiger partial charge in [0.15, 0.2) is 34.5 Å². The largest absolute Gasteiger partial charge is 0.309 e. The van der Waals surface area contributed by atoms with Gasteiger partial charge >= 0.3 is 0 Å². The van der Waals surface area contributed by atoms with Crippen molar-refractivity contribution in [1.29, 1.82) is 10.5 Å². The molecule has 0 spiro atoms. The molecule has 0 saturated carbocycles. The molecule has 0 amide bonds. The maximum Gasteiger partial charge on any atom is 0.194 e. The summed E-state index contributed by atoms with van der Waals surface area (Å²) in [6, 6.07) is 92.6. The zero-order valence-electron chi connectivity index (χ0n) is 47.9. The molecule has 0 atom stereocenters. The molecule has 3 aromatic heterocycles. The van der Waals surface area contributed by atoms with Gasteiger partial charge in [0.1, 0.15) is 0 Å². The van der Waals surface area contributed by atoms with E-state index in [4.69, 9.17) is 34.7 Å². The van der Waals surface area contributed by atoms with Crippen LogP contribution in [-0.2, 0) is 0 Å². The normalized spacial score (nSPS) is 11.1. The van der Waals surface area contributed by atoms with Crippen LogP contribution >= 0.6 is 0 Å². The van der Waals surface area contributed by atoms with Crippen molar-refractivity contribution in [2.24, 2.45) is 0 Å². The zero-order valence-corrected chi connectivity index (χ0v) is 47.9. The van der Waals surface area contributed by atoms with Crippen molar-refractivity contribution < 1.29 is 0 Å². The summed E-state index contributed by atoms with van der Waals surface area (Å²) in [7, 11) is 0. The standard InChI is InChI=1S/C80H44N10/c1-83-69-27-15-12-24-60(69)54-32-38-74-65(44-54)64-43-53(59-23-11-10-22-58(59)49-82)31-37-73(64)89(74)72-36-30-50(48-81)42-63(72)68-47-57(80-87-78(51-18-6-4-7-19-51)86-79(88-80)52-20-8-5-9-21-52)35-41-77(68)90-75-39-33-55(61-25-13-16-28-70(61)84-2)45-66(75)67-46-56(34-40-76(67)90)62-26-14-17-29-71(62)85-3/h4-47H. The fourth-order valence-electron chi connectivity index (χ4n) is 12.6. The second-order valence-corrected chi connectivity index (χ2v) is 21.8. The van der Waals surface area contributed by atoms with E-state index >= 15 is 0 Å². The van der Waals surface area contributed by atoms with Gasteiger partial charge in [-0.15, -0.1) is 0 Å². The molecule has 414 valence electrons. The first-order valence-electron chi connectivity index (χ1n) is 29.0. The average molecular weight is 1150 g/mol. The third-order valence-corrected chi connectivity index (χ3v) is 16.7. The molecule has 15 aromatic rings. The van der Waals surface area contributed by atoms with E-state index in [0.717, 1.165) is 122 Å². The first-order chi connectivity index (χ1) is 44.4. The van der Waals surface area contributed by atoms with E-state index in [0.29, 0.717) is 51.2 Å². The predicted molar refractivity (Wildman–Crippen MR) is 360 cm³/mol. The highest BCUT2D eigenvalue weighted by molar-refractivity contribution is 6.15. The smallest absolute Gasteiger partial charge is 0.194 e. The van der Waals surface area contributed by atoms with Crippen molar-refractivity contribution >= 4 is 60.7 Å². The third-order valence-electron chi connectivity index (χ3n) is 16.7. The quantitative estimate of drug-likeness (QED) is 0.127. The van der Waals surface area contributed by atoms with Gasteiger partial charge in [0, 0.05) is 49.4 Å². The zero-order chi connectivity index (χ0) is 60.8. The monoisotopic (exact) mass is 1140 g/mol. The summed E-state index contributed by atoms with van der Waals surface area (Å²) in [5, 5.41) is 25.1.